The summed E-state index contributed by atoms with van der Waals surface area (Å²) in [7, 11) is 1.70. The molecule has 0 spiro atoms. The highest BCUT2D eigenvalue weighted by Crippen LogP contribution is 2.46. The van der Waals surface area contributed by atoms with Crippen LogP contribution in [0.25, 0.3) is 10.8 Å². The summed E-state index contributed by atoms with van der Waals surface area (Å²) in [5.74, 6) is 0.990. The van der Waals surface area contributed by atoms with Gasteiger partial charge < -0.3 is 14.7 Å². The zero-order valence-corrected chi connectivity index (χ0v) is 19.0. The molecule has 3 heterocycles. The summed E-state index contributed by atoms with van der Waals surface area (Å²) in [5.41, 5.74) is 3.56. The van der Waals surface area contributed by atoms with Crippen LogP contribution in [0.3, 0.4) is 0 Å². The van der Waals surface area contributed by atoms with Crippen LogP contribution in [0.4, 0.5) is 0 Å². The maximum Gasteiger partial charge on any atom is 0.227 e. The molecule has 4 atom stereocenters. The predicted molar refractivity (Wildman–Crippen MR) is 128 cm³/mol. The lowest BCUT2D eigenvalue weighted by Gasteiger charge is -2.58. The second kappa shape index (κ2) is 8.15. The zero-order valence-electron chi connectivity index (χ0n) is 19.0. The van der Waals surface area contributed by atoms with E-state index in [1.165, 1.54) is 11.1 Å². The molecule has 3 aliphatic rings. The van der Waals surface area contributed by atoms with Crippen molar-refractivity contribution in [2.24, 2.45) is 0 Å². The van der Waals surface area contributed by atoms with E-state index in [1.807, 2.05) is 24.3 Å². The standard InChI is InChI=1S/C28H30N2O3/c1-33-21-12-13-23-20(16-21)14-15-29-27(23)24-10-5-11-25(28(29)32)30(24)26(31)17-19-8-4-7-18-6-2-3-9-22(18)19/h2-4,6-9,12-13,16,24-25,27-28,32H,5,10-11,14-15,17H2,1H3. The average Bonchev–Trinajstić information content (AvgIpc) is 2.86. The van der Waals surface area contributed by atoms with E-state index in [4.69, 9.17) is 4.74 Å². The summed E-state index contributed by atoms with van der Waals surface area (Å²) in [4.78, 5) is 18.1. The Morgan fingerprint density at radius 2 is 1.88 bits per heavy atom. The quantitative estimate of drug-likeness (QED) is 0.664. The Kier molecular flexibility index (Phi) is 5.11. The lowest BCUT2D eigenvalue weighted by molar-refractivity contribution is -0.183. The molecule has 3 aromatic carbocycles. The van der Waals surface area contributed by atoms with Gasteiger partial charge in [-0.25, -0.2) is 0 Å². The number of rotatable bonds is 3. The largest absolute Gasteiger partial charge is 0.497 e. The molecule has 3 aliphatic heterocycles. The highest BCUT2D eigenvalue weighted by Gasteiger charge is 2.52. The molecule has 5 heteroatoms. The lowest BCUT2D eigenvalue weighted by Crippen LogP contribution is -2.69. The number of benzene rings is 3. The number of piperazine rings is 1. The van der Waals surface area contributed by atoms with Crippen LogP contribution in [0, 0.1) is 0 Å². The summed E-state index contributed by atoms with van der Waals surface area (Å²) in [5, 5.41) is 13.7. The van der Waals surface area contributed by atoms with Crippen molar-refractivity contribution >= 4 is 16.7 Å². The summed E-state index contributed by atoms with van der Waals surface area (Å²) >= 11 is 0. The van der Waals surface area contributed by atoms with Crippen molar-refractivity contribution < 1.29 is 14.6 Å². The molecule has 2 bridgehead atoms. The molecule has 0 saturated carbocycles. The average molecular weight is 443 g/mol. The number of aliphatic hydroxyl groups excluding tert-OH is 1. The number of amides is 1. The Balaban J connectivity index is 1.37. The number of carbonyl (C=O) groups excluding carboxylic acids is 1. The van der Waals surface area contributed by atoms with Gasteiger partial charge in [-0.2, -0.15) is 0 Å². The van der Waals surface area contributed by atoms with Gasteiger partial charge in [0.25, 0.3) is 0 Å². The molecule has 33 heavy (non-hydrogen) atoms. The number of hydrogen-bond donors (Lipinski definition) is 1. The summed E-state index contributed by atoms with van der Waals surface area (Å²) in [6.45, 7) is 0.810. The fourth-order valence-corrected chi connectivity index (χ4v) is 6.46. The van der Waals surface area contributed by atoms with Crippen molar-refractivity contribution in [1.29, 1.82) is 0 Å². The molecule has 2 saturated heterocycles. The van der Waals surface area contributed by atoms with Crippen molar-refractivity contribution in [3.05, 3.63) is 77.4 Å². The molecular formula is C28H30N2O3. The van der Waals surface area contributed by atoms with E-state index in [1.54, 1.807) is 7.11 Å². The first-order valence-corrected chi connectivity index (χ1v) is 12.0. The zero-order chi connectivity index (χ0) is 22.5. The second-order valence-electron chi connectivity index (χ2n) is 9.59. The van der Waals surface area contributed by atoms with E-state index in [9.17, 15) is 9.90 Å². The maximum absolute atomic E-state index is 13.8. The minimum Gasteiger partial charge on any atom is -0.497 e. The van der Waals surface area contributed by atoms with Gasteiger partial charge in [-0.05, 0) is 65.3 Å². The van der Waals surface area contributed by atoms with Crippen molar-refractivity contribution in [2.45, 2.75) is 56.5 Å². The van der Waals surface area contributed by atoms with Crippen LogP contribution in [0.5, 0.6) is 5.75 Å². The lowest BCUT2D eigenvalue weighted by atomic mass is 9.78. The van der Waals surface area contributed by atoms with Crippen LogP contribution in [-0.4, -0.2) is 52.8 Å². The van der Waals surface area contributed by atoms with E-state index >= 15 is 0 Å². The van der Waals surface area contributed by atoms with E-state index < -0.39 is 6.23 Å². The number of aliphatic hydroxyl groups is 1. The number of piperidine rings is 1. The van der Waals surface area contributed by atoms with Crippen LogP contribution >= 0.6 is 0 Å². The smallest absolute Gasteiger partial charge is 0.227 e. The Labute approximate surface area is 194 Å². The molecule has 2 fully saturated rings. The van der Waals surface area contributed by atoms with E-state index in [-0.39, 0.29) is 24.0 Å². The van der Waals surface area contributed by atoms with Gasteiger partial charge in [-0.15, -0.1) is 0 Å². The van der Waals surface area contributed by atoms with E-state index in [2.05, 4.69) is 46.2 Å². The molecule has 6 rings (SSSR count). The minimum atomic E-state index is -0.627. The van der Waals surface area contributed by atoms with Gasteiger partial charge in [-0.3, -0.25) is 9.69 Å². The van der Waals surface area contributed by atoms with Gasteiger partial charge in [0.05, 0.1) is 31.7 Å². The van der Waals surface area contributed by atoms with Gasteiger partial charge in [-0.1, -0.05) is 48.5 Å². The van der Waals surface area contributed by atoms with Crippen LogP contribution in [-0.2, 0) is 17.6 Å². The minimum absolute atomic E-state index is 0.0303. The summed E-state index contributed by atoms with van der Waals surface area (Å²) in [6.07, 6.45) is 3.50. The number of carbonyl (C=O) groups is 1. The van der Waals surface area contributed by atoms with Gasteiger partial charge in [0.1, 0.15) is 12.0 Å². The Hall–Kier alpha value is -2.89. The first kappa shape index (κ1) is 20.7. The fourth-order valence-electron chi connectivity index (χ4n) is 6.46. The topological polar surface area (TPSA) is 53.0 Å². The van der Waals surface area contributed by atoms with Gasteiger partial charge in [0, 0.05) is 6.54 Å². The van der Waals surface area contributed by atoms with Crippen molar-refractivity contribution in [3.63, 3.8) is 0 Å². The monoisotopic (exact) mass is 442 g/mol. The van der Waals surface area contributed by atoms with Crippen molar-refractivity contribution in [1.82, 2.24) is 9.80 Å². The molecule has 0 aliphatic carbocycles. The Morgan fingerprint density at radius 1 is 1.06 bits per heavy atom. The third kappa shape index (κ3) is 3.33. The number of fused-ring (bicyclic) bond motifs is 7. The highest BCUT2D eigenvalue weighted by atomic mass is 16.5. The molecule has 1 N–H and O–H groups in total. The number of hydrogen-bond acceptors (Lipinski definition) is 4. The van der Waals surface area contributed by atoms with Crippen LogP contribution in [0.2, 0.25) is 0 Å². The molecule has 5 nitrogen and oxygen atoms in total. The summed E-state index contributed by atoms with van der Waals surface area (Å²) < 4.78 is 5.45. The first-order valence-electron chi connectivity index (χ1n) is 12.0. The van der Waals surface area contributed by atoms with Gasteiger partial charge in [0.2, 0.25) is 5.91 Å². The Morgan fingerprint density at radius 3 is 2.76 bits per heavy atom. The maximum atomic E-state index is 13.8. The van der Waals surface area contributed by atoms with E-state index in [0.29, 0.717) is 6.42 Å². The fraction of sp³-hybridized carbons (Fsp3) is 0.393. The highest BCUT2D eigenvalue weighted by molar-refractivity contribution is 5.90. The molecule has 170 valence electrons. The third-order valence-electron chi connectivity index (χ3n) is 7.94. The van der Waals surface area contributed by atoms with Crippen molar-refractivity contribution in [2.75, 3.05) is 13.7 Å². The van der Waals surface area contributed by atoms with Crippen LogP contribution in [0.15, 0.2) is 60.7 Å². The van der Waals surface area contributed by atoms with Gasteiger partial charge >= 0.3 is 0 Å². The van der Waals surface area contributed by atoms with E-state index in [0.717, 1.165) is 54.3 Å². The predicted octanol–water partition coefficient (Wildman–Crippen LogP) is 4.07. The van der Waals surface area contributed by atoms with Crippen LogP contribution < -0.4 is 4.74 Å². The third-order valence-corrected chi connectivity index (χ3v) is 7.94. The molecule has 0 aromatic heterocycles. The Bertz CT molecular complexity index is 1200. The SMILES string of the molecule is COc1ccc2c(c1)CCN1C(O)C3CCCC(C21)N3C(=O)Cc1cccc2ccccc12. The molecule has 1 amide bonds. The molecule has 4 unspecified atom stereocenters. The van der Waals surface area contributed by atoms with Gasteiger partial charge in [0.15, 0.2) is 0 Å². The number of nitrogens with zero attached hydrogens (tertiary/aromatic N) is 2. The molecule has 3 aromatic rings. The van der Waals surface area contributed by atoms with Crippen molar-refractivity contribution in [3.8, 4) is 5.75 Å². The number of ether oxygens (including phenoxy) is 1. The van der Waals surface area contributed by atoms with Crippen LogP contribution in [0.1, 0.15) is 42.0 Å². The number of methoxy groups -OCH3 is 1. The second-order valence-corrected chi connectivity index (χ2v) is 9.59. The molecule has 0 radical (unpaired) electrons. The molecular weight excluding hydrogens is 412 g/mol. The normalized spacial score (nSPS) is 26.5. The summed E-state index contributed by atoms with van der Waals surface area (Å²) in [6, 6.07) is 20.7. The first-order chi connectivity index (χ1) is 16.2.